The lowest BCUT2D eigenvalue weighted by Gasteiger charge is -2.08. The van der Waals surface area contributed by atoms with Gasteiger partial charge in [0.15, 0.2) is 6.61 Å². The molecule has 0 aliphatic carbocycles. The predicted molar refractivity (Wildman–Crippen MR) is 105 cm³/mol. The van der Waals surface area contributed by atoms with E-state index in [1.165, 1.54) is 18.3 Å². The van der Waals surface area contributed by atoms with E-state index in [1.807, 2.05) is 30.3 Å². The van der Waals surface area contributed by atoms with E-state index in [2.05, 4.69) is 10.5 Å². The lowest BCUT2D eigenvalue weighted by molar-refractivity contribution is -0.123. The Labute approximate surface area is 162 Å². The molecule has 0 fully saturated rings. The van der Waals surface area contributed by atoms with Crippen LogP contribution in [-0.4, -0.2) is 18.7 Å². The van der Waals surface area contributed by atoms with Crippen LogP contribution in [0.15, 0.2) is 84.0 Å². The highest BCUT2D eigenvalue weighted by Crippen LogP contribution is 2.18. The van der Waals surface area contributed by atoms with Crippen LogP contribution in [0.2, 0.25) is 0 Å². The molecular formula is C22H19FN2O3. The number of hydrogen-bond acceptors (Lipinski definition) is 4. The molecule has 0 bridgehead atoms. The summed E-state index contributed by atoms with van der Waals surface area (Å²) in [6.07, 6.45) is 1.36. The van der Waals surface area contributed by atoms with E-state index in [1.54, 1.807) is 36.4 Å². The second kappa shape index (κ2) is 9.87. The second-order valence-electron chi connectivity index (χ2n) is 5.88. The molecule has 0 heterocycles. The molecule has 0 unspecified atom stereocenters. The van der Waals surface area contributed by atoms with Gasteiger partial charge in [-0.15, -0.1) is 0 Å². The number of hydrazone groups is 1. The summed E-state index contributed by atoms with van der Waals surface area (Å²) in [5.41, 5.74) is 3.96. The van der Waals surface area contributed by atoms with Crippen LogP contribution in [0.25, 0.3) is 0 Å². The number of rotatable bonds is 8. The van der Waals surface area contributed by atoms with Crippen LogP contribution in [0.3, 0.4) is 0 Å². The zero-order valence-electron chi connectivity index (χ0n) is 15.0. The fourth-order valence-corrected chi connectivity index (χ4v) is 2.32. The number of nitrogens with one attached hydrogen (secondary N) is 1. The van der Waals surface area contributed by atoms with Crippen LogP contribution in [0, 0.1) is 5.82 Å². The maximum atomic E-state index is 13.0. The third-order valence-electron chi connectivity index (χ3n) is 3.69. The van der Waals surface area contributed by atoms with E-state index in [9.17, 15) is 9.18 Å². The lowest BCUT2D eigenvalue weighted by atomic mass is 10.2. The van der Waals surface area contributed by atoms with E-state index in [0.29, 0.717) is 23.7 Å². The number of carbonyl (C=O) groups excluding carboxylic acids is 1. The van der Waals surface area contributed by atoms with Gasteiger partial charge in [0.2, 0.25) is 0 Å². The Morgan fingerprint density at radius 2 is 1.64 bits per heavy atom. The highest BCUT2D eigenvalue weighted by Gasteiger charge is 2.02. The minimum absolute atomic E-state index is 0.190. The maximum Gasteiger partial charge on any atom is 0.277 e. The van der Waals surface area contributed by atoms with Crippen molar-refractivity contribution in [3.05, 3.63) is 95.8 Å². The molecule has 0 saturated carbocycles. The highest BCUT2D eigenvalue weighted by atomic mass is 19.1. The maximum absolute atomic E-state index is 13.0. The highest BCUT2D eigenvalue weighted by molar-refractivity contribution is 5.82. The Bertz CT molecular complexity index is 928. The summed E-state index contributed by atoms with van der Waals surface area (Å²) in [7, 11) is 0. The summed E-state index contributed by atoms with van der Waals surface area (Å²) in [5.74, 6) is 0.462. The Morgan fingerprint density at radius 1 is 0.929 bits per heavy atom. The van der Waals surface area contributed by atoms with Crippen molar-refractivity contribution in [2.45, 2.75) is 6.61 Å². The Hall–Kier alpha value is -3.67. The molecule has 3 aromatic rings. The molecule has 0 radical (unpaired) electrons. The smallest absolute Gasteiger partial charge is 0.277 e. The molecule has 0 aromatic heterocycles. The van der Waals surface area contributed by atoms with E-state index < -0.39 is 5.91 Å². The second-order valence-corrected chi connectivity index (χ2v) is 5.88. The first-order chi connectivity index (χ1) is 13.7. The van der Waals surface area contributed by atoms with Crippen LogP contribution in [0.4, 0.5) is 4.39 Å². The van der Waals surface area contributed by atoms with Gasteiger partial charge in [0, 0.05) is 0 Å². The number of carbonyl (C=O) groups is 1. The molecule has 0 atom stereocenters. The predicted octanol–water partition coefficient (Wildman–Crippen LogP) is 3.93. The molecule has 0 aliphatic heterocycles. The first kappa shape index (κ1) is 19.1. The van der Waals surface area contributed by atoms with Gasteiger partial charge in [-0.05, 0) is 47.5 Å². The van der Waals surface area contributed by atoms with Gasteiger partial charge < -0.3 is 9.47 Å². The van der Waals surface area contributed by atoms with Gasteiger partial charge >= 0.3 is 0 Å². The number of ether oxygens (including phenoxy) is 2. The van der Waals surface area contributed by atoms with E-state index in [-0.39, 0.29) is 12.4 Å². The molecule has 0 saturated heterocycles. The van der Waals surface area contributed by atoms with Gasteiger partial charge in [0.1, 0.15) is 23.9 Å². The van der Waals surface area contributed by atoms with E-state index in [4.69, 9.17) is 9.47 Å². The standard InChI is InChI=1S/C22H19FN2O3/c23-19-8-4-7-18(13-19)14-24-25-22(26)16-28-21-11-9-20(10-12-21)27-15-17-5-2-1-3-6-17/h1-14H,15-16H2,(H,25,26)/b24-14+. The van der Waals surface area contributed by atoms with Crippen molar-refractivity contribution in [3.8, 4) is 11.5 Å². The summed E-state index contributed by atoms with van der Waals surface area (Å²) in [4.78, 5) is 11.8. The van der Waals surface area contributed by atoms with Crippen LogP contribution in [0.5, 0.6) is 11.5 Å². The van der Waals surface area contributed by atoms with Crippen LogP contribution in [0.1, 0.15) is 11.1 Å². The topological polar surface area (TPSA) is 59.9 Å². The van der Waals surface area contributed by atoms with Gasteiger partial charge in [-0.1, -0.05) is 42.5 Å². The number of nitrogens with zero attached hydrogens (tertiary/aromatic N) is 1. The minimum atomic E-state index is -0.419. The quantitative estimate of drug-likeness (QED) is 0.477. The Balaban J connectivity index is 1.41. The minimum Gasteiger partial charge on any atom is -0.489 e. The van der Waals surface area contributed by atoms with Gasteiger partial charge in [-0.3, -0.25) is 4.79 Å². The number of halogens is 1. The fraction of sp³-hybridized carbons (Fsp3) is 0.0909. The van der Waals surface area contributed by atoms with Gasteiger partial charge in [-0.25, -0.2) is 9.82 Å². The monoisotopic (exact) mass is 378 g/mol. The summed E-state index contributed by atoms with van der Waals surface area (Å²) in [5, 5.41) is 3.77. The molecule has 0 spiro atoms. The van der Waals surface area contributed by atoms with Gasteiger partial charge in [-0.2, -0.15) is 5.10 Å². The van der Waals surface area contributed by atoms with Crippen molar-refractivity contribution < 1.29 is 18.7 Å². The zero-order chi connectivity index (χ0) is 19.6. The number of hydrogen-bond donors (Lipinski definition) is 1. The average molecular weight is 378 g/mol. The molecule has 1 amide bonds. The molecule has 0 aliphatic rings. The molecule has 3 rings (SSSR count). The Kier molecular flexibility index (Phi) is 6.73. The Morgan fingerprint density at radius 3 is 2.36 bits per heavy atom. The SMILES string of the molecule is O=C(COc1ccc(OCc2ccccc2)cc1)N/N=C/c1cccc(F)c1. The summed E-state index contributed by atoms with van der Waals surface area (Å²) in [6.45, 7) is 0.289. The third kappa shape index (κ3) is 6.25. The lowest BCUT2D eigenvalue weighted by Crippen LogP contribution is -2.24. The van der Waals surface area contributed by atoms with Crippen molar-refractivity contribution in [2.24, 2.45) is 5.10 Å². The zero-order valence-corrected chi connectivity index (χ0v) is 15.0. The van der Waals surface area contributed by atoms with Crippen molar-refractivity contribution >= 4 is 12.1 Å². The summed E-state index contributed by atoms with van der Waals surface area (Å²) in [6, 6.07) is 22.8. The van der Waals surface area contributed by atoms with Crippen LogP contribution in [-0.2, 0) is 11.4 Å². The number of amides is 1. The average Bonchev–Trinajstić information content (AvgIpc) is 2.72. The van der Waals surface area contributed by atoms with E-state index in [0.717, 1.165) is 5.56 Å². The van der Waals surface area contributed by atoms with Crippen molar-refractivity contribution in [3.63, 3.8) is 0 Å². The first-order valence-corrected chi connectivity index (χ1v) is 8.66. The summed E-state index contributed by atoms with van der Waals surface area (Å²) >= 11 is 0. The van der Waals surface area contributed by atoms with Gasteiger partial charge in [0.05, 0.1) is 6.21 Å². The van der Waals surface area contributed by atoms with Crippen LogP contribution < -0.4 is 14.9 Å². The third-order valence-corrected chi connectivity index (χ3v) is 3.69. The van der Waals surface area contributed by atoms with Crippen molar-refractivity contribution in [2.75, 3.05) is 6.61 Å². The largest absolute Gasteiger partial charge is 0.489 e. The molecule has 142 valence electrons. The molecule has 5 nitrogen and oxygen atoms in total. The fourth-order valence-electron chi connectivity index (χ4n) is 2.32. The molecular weight excluding hydrogens is 359 g/mol. The summed E-state index contributed by atoms with van der Waals surface area (Å²) < 4.78 is 24.1. The first-order valence-electron chi connectivity index (χ1n) is 8.66. The molecule has 28 heavy (non-hydrogen) atoms. The van der Waals surface area contributed by atoms with Crippen molar-refractivity contribution in [1.82, 2.24) is 5.43 Å². The number of benzene rings is 3. The van der Waals surface area contributed by atoms with Crippen molar-refractivity contribution in [1.29, 1.82) is 0 Å². The normalized spacial score (nSPS) is 10.6. The van der Waals surface area contributed by atoms with Gasteiger partial charge in [0.25, 0.3) is 5.91 Å². The molecule has 6 heteroatoms. The van der Waals surface area contributed by atoms with E-state index >= 15 is 0 Å². The molecule has 3 aromatic carbocycles. The molecule has 1 N–H and O–H groups in total. The van der Waals surface area contributed by atoms with Crippen LogP contribution >= 0.6 is 0 Å².